The number of amides is 1. The van der Waals surface area contributed by atoms with Crippen LogP contribution < -0.4 is 16.4 Å². The summed E-state index contributed by atoms with van der Waals surface area (Å²) in [5.74, 6) is 0.763. The molecule has 0 radical (unpaired) electrons. The van der Waals surface area contributed by atoms with E-state index < -0.39 is 0 Å². The number of hydrogen-bond acceptors (Lipinski definition) is 3. The fourth-order valence-corrected chi connectivity index (χ4v) is 3.94. The van der Waals surface area contributed by atoms with Crippen LogP contribution in [0.15, 0.2) is 24.3 Å². The van der Waals surface area contributed by atoms with Crippen LogP contribution >= 0.6 is 0 Å². The molecule has 1 aromatic carbocycles. The van der Waals surface area contributed by atoms with E-state index in [9.17, 15) is 4.79 Å². The highest BCUT2D eigenvalue weighted by Gasteiger charge is 2.19. The van der Waals surface area contributed by atoms with Gasteiger partial charge in [-0.2, -0.15) is 0 Å². The largest absolute Gasteiger partial charge is 0.385 e. The van der Waals surface area contributed by atoms with Gasteiger partial charge in [0.1, 0.15) is 0 Å². The van der Waals surface area contributed by atoms with Crippen molar-refractivity contribution < 1.29 is 4.79 Å². The molecule has 4 heteroatoms. The van der Waals surface area contributed by atoms with Crippen molar-refractivity contribution in [2.45, 2.75) is 69.9 Å². The molecule has 24 heavy (non-hydrogen) atoms. The van der Waals surface area contributed by atoms with Crippen LogP contribution in [0.3, 0.4) is 0 Å². The van der Waals surface area contributed by atoms with Crippen molar-refractivity contribution in [2.75, 3.05) is 11.9 Å². The van der Waals surface area contributed by atoms with Gasteiger partial charge < -0.3 is 16.4 Å². The van der Waals surface area contributed by atoms with Crippen molar-refractivity contribution in [3.05, 3.63) is 29.8 Å². The summed E-state index contributed by atoms with van der Waals surface area (Å²) in [6, 6.07) is 8.65. The Morgan fingerprint density at radius 2 is 1.79 bits per heavy atom. The maximum Gasteiger partial charge on any atom is 0.251 e. The lowest BCUT2D eigenvalue weighted by Crippen LogP contribution is -2.36. The minimum absolute atomic E-state index is 0.0641. The van der Waals surface area contributed by atoms with Gasteiger partial charge in [0.25, 0.3) is 5.91 Å². The van der Waals surface area contributed by atoms with Crippen molar-refractivity contribution in [1.29, 1.82) is 0 Å². The average Bonchev–Trinajstić information content (AvgIpc) is 2.62. The molecule has 2 fully saturated rings. The van der Waals surface area contributed by atoms with Gasteiger partial charge >= 0.3 is 0 Å². The Bertz CT molecular complexity index is 531. The molecule has 132 valence electrons. The zero-order valence-corrected chi connectivity index (χ0v) is 14.6. The molecule has 0 heterocycles. The topological polar surface area (TPSA) is 67.1 Å². The summed E-state index contributed by atoms with van der Waals surface area (Å²) in [7, 11) is 0. The second-order valence-electron chi connectivity index (χ2n) is 7.55. The smallest absolute Gasteiger partial charge is 0.251 e. The minimum Gasteiger partial charge on any atom is -0.385 e. The first-order chi connectivity index (χ1) is 11.7. The van der Waals surface area contributed by atoms with Gasteiger partial charge in [-0.3, -0.25) is 4.79 Å². The Balaban J connectivity index is 1.50. The molecule has 2 aliphatic rings. The molecule has 3 rings (SSSR count). The van der Waals surface area contributed by atoms with E-state index in [1.807, 2.05) is 24.3 Å². The van der Waals surface area contributed by atoms with Gasteiger partial charge in [0.05, 0.1) is 0 Å². The molecule has 2 aliphatic carbocycles. The highest BCUT2D eigenvalue weighted by atomic mass is 16.1. The fraction of sp³-hybridized carbons (Fsp3) is 0.650. The summed E-state index contributed by atoms with van der Waals surface area (Å²) < 4.78 is 0. The van der Waals surface area contributed by atoms with E-state index in [-0.39, 0.29) is 5.91 Å². The molecule has 0 saturated heterocycles. The van der Waals surface area contributed by atoms with E-state index in [1.165, 1.54) is 32.1 Å². The maximum absolute atomic E-state index is 12.5. The van der Waals surface area contributed by atoms with E-state index in [4.69, 9.17) is 5.73 Å². The molecule has 0 aliphatic heterocycles. The van der Waals surface area contributed by atoms with E-state index in [1.54, 1.807) is 0 Å². The fourth-order valence-electron chi connectivity index (χ4n) is 3.94. The van der Waals surface area contributed by atoms with Crippen LogP contribution in [0.5, 0.6) is 0 Å². The van der Waals surface area contributed by atoms with Crippen molar-refractivity contribution in [2.24, 2.45) is 11.7 Å². The molecule has 0 unspecified atom stereocenters. The molecule has 0 aromatic heterocycles. The Kier molecular flexibility index (Phi) is 6.13. The molecular formula is C20H31N3O. The van der Waals surface area contributed by atoms with Crippen LogP contribution in [0.25, 0.3) is 0 Å². The maximum atomic E-state index is 12.5. The molecule has 0 atom stereocenters. The van der Waals surface area contributed by atoms with Crippen molar-refractivity contribution in [1.82, 2.24) is 5.32 Å². The van der Waals surface area contributed by atoms with Gasteiger partial charge in [0.15, 0.2) is 0 Å². The number of nitrogens with one attached hydrogen (secondary N) is 2. The number of anilines is 1. The Morgan fingerprint density at radius 1 is 1.04 bits per heavy atom. The van der Waals surface area contributed by atoms with Crippen LogP contribution in [-0.2, 0) is 0 Å². The third-order valence-corrected chi connectivity index (χ3v) is 5.55. The van der Waals surface area contributed by atoms with Gasteiger partial charge in [-0.05, 0) is 62.6 Å². The average molecular weight is 329 g/mol. The summed E-state index contributed by atoms with van der Waals surface area (Å²) in [6.07, 6.45) is 10.7. The van der Waals surface area contributed by atoms with Crippen LogP contribution in [0.4, 0.5) is 5.69 Å². The Morgan fingerprint density at radius 3 is 2.54 bits per heavy atom. The first-order valence-corrected chi connectivity index (χ1v) is 9.61. The lowest BCUT2D eigenvalue weighted by molar-refractivity contribution is 0.0928. The number of carbonyl (C=O) groups is 1. The summed E-state index contributed by atoms with van der Waals surface area (Å²) in [4.78, 5) is 12.5. The lowest BCUT2D eigenvalue weighted by atomic mass is 9.86. The SMILES string of the molecule is N[C@H]1CC[C@H](CNc2cccc(C(=O)NC3CCCCC3)c2)CC1. The van der Waals surface area contributed by atoms with Crippen LogP contribution in [0.2, 0.25) is 0 Å². The Labute approximate surface area is 145 Å². The number of benzene rings is 1. The van der Waals surface area contributed by atoms with E-state index >= 15 is 0 Å². The molecule has 0 spiro atoms. The molecular weight excluding hydrogens is 298 g/mol. The van der Waals surface area contributed by atoms with Crippen molar-refractivity contribution >= 4 is 11.6 Å². The highest BCUT2D eigenvalue weighted by molar-refractivity contribution is 5.95. The highest BCUT2D eigenvalue weighted by Crippen LogP contribution is 2.24. The van der Waals surface area contributed by atoms with Gasteiger partial charge in [-0.25, -0.2) is 0 Å². The molecule has 4 nitrogen and oxygen atoms in total. The summed E-state index contributed by atoms with van der Waals surface area (Å²) in [5.41, 5.74) is 7.77. The second-order valence-corrected chi connectivity index (χ2v) is 7.55. The first-order valence-electron chi connectivity index (χ1n) is 9.61. The normalized spacial score (nSPS) is 25.2. The van der Waals surface area contributed by atoms with Gasteiger partial charge in [-0.15, -0.1) is 0 Å². The lowest BCUT2D eigenvalue weighted by Gasteiger charge is -2.26. The van der Waals surface area contributed by atoms with Gasteiger partial charge in [0, 0.05) is 29.9 Å². The Hall–Kier alpha value is -1.55. The quantitative estimate of drug-likeness (QED) is 0.772. The van der Waals surface area contributed by atoms with Crippen LogP contribution in [0, 0.1) is 5.92 Å². The zero-order valence-electron chi connectivity index (χ0n) is 14.6. The summed E-state index contributed by atoms with van der Waals surface area (Å²) in [5, 5.41) is 6.70. The van der Waals surface area contributed by atoms with Gasteiger partial charge in [-0.1, -0.05) is 25.3 Å². The number of nitrogens with two attached hydrogens (primary N) is 1. The van der Waals surface area contributed by atoms with Gasteiger partial charge in [0.2, 0.25) is 0 Å². The van der Waals surface area contributed by atoms with E-state index in [0.717, 1.165) is 43.5 Å². The molecule has 0 bridgehead atoms. The standard InChI is InChI=1S/C20H31N3O/c21-17-11-9-15(10-12-17)14-22-19-8-4-5-16(13-19)20(24)23-18-6-2-1-3-7-18/h4-5,8,13,15,17-18,22H,1-3,6-7,9-12,14,21H2,(H,23,24)/t15-,17-. The summed E-state index contributed by atoms with van der Waals surface area (Å²) in [6.45, 7) is 0.973. The van der Waals surface area contributed by atoms with Crippen molar-refractivity contribution in [3.63, 3.8) is 0 Å². The molecule has 4 N–H and O–H groups in total. The number of carbonyl (C=O) groups excluding carboxylic acids is 1. The first kappa shape index (κ1) is 17.3. The minimum atomic E-state index is 0.0641. The van der Waals surface area contributed by atoms with Crippen LogP contribution in [0.1, 0.15) is 68.1 Å². The van der Waals surface area contributed by atoms with E-state index in [2.05, 4.69) is 10.6 Å². The predicted molar refractivity (Wildman–Crippen MR) is 99.2 cm³/mol. The third-order valence-electron chi connectivity index (χ3n) is 5.55. The molecule has 2 saturated carbocycles. The summed E-state index contributed by atoms with van der Waals surface area (Å²) >= 11 is 0. The number of rotatable bonds is 5. The van der Waals surface area contributed by atoms with Crippen molar-refractivity contribution in [3.8, 4) is 0 Å². The predicted octanol–water partition coefficient (Wildman–Crippen LogP) is 3.68. The van der Waals surface area contributed by atoms with Crippen LogP contribution in [-0.4, -0.2) is 24.5 Å². The van der Waals surface area contributed by atoms with E-state index in [0.29, 0.717) is 18.0 Å². The monoisotopic (exact) mass is 329 g/mol. The zero-order chi connectivity index (χ0) is 16.8. The number of hydrogen-bond donors (Lipinski definition) is 3. The molecule has 1 aromatic rings. The second kappa shape index (κ2) is 8.52. The third kappa shape index (κ3) is 4.97. The molecule has 1 amide bonds.